The van der Waals surface area contributed by atoms with Crippen LogP contribution < -0.4 is 0 Å². The zero-order valence-corrected chi connectivity index (χ0v) is 11.1. The molecule has 0 aliphatic carbocycles. The third kappa shape index (κ3) is 3.95. The lowest BCUT2D eigenvalue weighted by atomic mass is 9.94. The van der Waals surface area contributed by atoms with Crippen LogP contribution in [0.3, 0.4) is 0 Å². The first kappa shape index (κ1) is 13.9. The summed E-state index contributed by atoms with van der Waals surface area (Å²) in [6, 6.07) is 7.35. The maximum Gasteiger partial charge on any atom is 0.150 e. The summed E-state index contributed by atoms with van der Waals surface area (Å²) in [5, 5.41) is 0. The smallest absolute Gasteiger partial charge is 0.150 e. The molecular formula is C14H20O3. The monoisotopic (exact) mass is 236 g/mol. The SMILES string of the molecule is CC(C)(C)OOC(C)(C)c1ccccc1C=O. The first-order valence-corrected chi connectivity index (χ1v) is 5.68. The van der Waals surface area contributed by atoms with Crippen LogP contribution in [0, 0.1) is 0 Å². The number of carbonyl (C=O) groups excluding carboxylic acids is 1. The highest BCUT2D eigenvalue weighted by atomic mass is 17.2. The van der Waals surface area contributed by atoms with Crippen molar-refractivity contribution >= 4 is 6.29 Å². The van der Waals surface area contributed by atoms with Gasteiger partial charge in [-0.15, -0.1) is 0 Å². The second kappa shape index (κ2) is 4.98. The standard InChI is InChI=1S/C14H20O3/c1-13(2,3)16-17-14(4,5)12-9-7-6-8-11(12)10-15/h6-10H,1-5H3. The molecule has 0 amide bonds. The number of benzene rings is 1. The van der Waals surface area contributed by atoms with Gasteiger partial charge in [0.1, 0.15) is 11.9 Å². The fraction of sp³-hybridized carbons (Fsp3) is 0.500. The molecule has 3 nitrogen and oxygen atoms in total. The van der Waals surface area contributed by atoms with Gasteiger partial charge in [0.25, 0.3) is 0 Å². The first-order valence-electron chi connectivity index (χ1n) is 5.68. The van der Waals surface area contributed by atoms with E-state index in [0.29, 0.717) is 5.56 Å². The van der Waals surface area contributed by atoms with Gasteiger partial charge >= 0.3 is 0 Å². The van der Waals surface area contributed by atoms with E-state index in [0.717, 1.165) is 11.8 Å². The lowest BCUT2D eigenvalue weighted by molar-refractivity contribution is -0.401. The summed E-state index contributed by atoms with van der Waals surface area (Å²) >= 11 is 0. The predicted octanol–water partition coefficient (Wildman–Crippen LogP) is 3.48. The molecule has 0 bridgehead atoms. The molecule has 0 aromatic heterocycles. The summed E-state index contributed by atoms with van der Waals surface area (Å²) in [7, 11) is 0. The molecular weight excluding hydrogens is 216 g/mol. The fourth-order valence-corrected chi connectivity index (χ4v) is 1.42. The predicted molar refractivity (Wildman–Crippen MR) is 66.8 cm³/mol. The van der Waals surface area contributed by atoms with Gasteiger partial charge in [-0.1, -0.05) is 24.3 Å². The minimum absolute atomic E-state index is 0.382. The highest BCUT2D eigenvalue weighted by molar-refractivity contribution is 5.77. The summed E-state index contributed by atoms with van der Waals surface area (Å²) < 4.78 is 0. The Morgan fingerprint density at radius 1 is 1.00 bits per heavy atom. The number of hydrogen-bond donors (Lipinski definition) is 0. The second-order valence-corrected chi connectivity index (χ2v) is 5.49. The highest BCUT2D eigenvalue weighted by Crippen LogP contribution is 2.29. The molecule has 1 aromatic carbocycles. The number of rotatable bonds is 4. The average molecular weight is 236 g/mol. The van der Waals surface area contributed by atoms with Gasteiger partial charge in [0.2, 0.25) is 0 Å². The molecule has 0 aliphatic rings. The van der Waals surface area contributed by atoms with E-state index in [9.17, 15) is 4.79 Å². The number of hydrogen-bond acceptors (Lipinski definition) is 3. The van der Waals surface area contributed by atoms with Crippen LogP contribution in [0.2, 0.25) is 0 Å². The average Bonchev–Trinajstić information content (AvgIpc) is 2.26. The zero-order chi connectivity index (χ0) is 13.1. The number of aldehydes is 1. The van der Waals surface area contributed by atoms with Crippen LogP contribution in [-0.2, 0) is 15.4 Å². The zero-order valence-electron chi connectivity index (χ0n) is 11.1. The van der Waals surface area contributed by atoms with Crippen LogP contribution in [0.25, 0.3) is 0 Å². The Labute approximate surface area is 103 Å². The fourth-order valence-electron chi connectivity index (χ4n) is 1.42. The van der Waals surface area contributed by atoms with Gasteiger partial charge in [0.05, 0.1) is 5.60 Å². The maximum absolute atomic E-state index is 11.0. The molecule has 1 aromatic rings. The summed E-state index contributed by atoms with van der Waals surface area (Å²) in [6.45, 7) is 9.49. The van der Waals surface area contributed by atoms with Gasteiger partial charge in [-0.25, -0.2) is 9.78 Å². The molecule has 0 atom stereocenters. The summed E-state index contributed by atoms with van der Waals surface area (Å²) in [5.41, 5.74) is 0.396. The molecule has 17 heavy (non-hydrogen) atoms. The normalized spacial score (nSPS) is 12.5. The van der Waals surface area contributed by atoms with Crippen molar-refractivity contribution in [2.75, 3.05) is 0 Å². The van der Waals surface area contributed by atoms with Crippen molar-refractivity contribution in [1.82, 2.24) is 0 Å². The van der Waals surface area contributed by atoms with Crippen molar-refractivity contribution in [3.8, 4) is 0 Å². The van der Waals surface area contributed by atoms with E-state index in [1.165, 1.54) is 0 Å². The van der Waals surface area contributed by atoms with Crippen molar-refractivity contribution in [3.63, 3.8) is 0 Å². The van der Waals surface area contributed by atoms with Gasteiger partial charge in [-0.05, 0) is 40.2 Å². The van der Waals surface area contributed by atoms with Gasteiger partial charge in [0.15, 0.2) is 0 Å². The van der Waals surface area contributed by atoms with Gasteiger partial charge < -0.3 is 0 Å². The Bertz CT molecular complexity index is 389. The van der Waals surface area contributed by atoms with E-state index >= 15 is 0 Å². The van der Waals surface area contributed by atoms with Crippen LogP contribution in [0.15, 0.2) is 24.3 Å². The molecule has 94 valence electrons. The van der Waals surface area contributed by atoms with Crippen LogP contribution in [0.1, 0.15) is 50.5 Å². The van der Waals surface area contributed by atoms with Crippen molar-refractivity contribution in [3.05, 3.63) is 35.4 Å². The lowest BCUT2D eigenvalue weighted by Crippen LogP contribution is -2.29. The Morgan fingerprint density at radius 2 is 1.59 bits per heavy atom. The summed E-state index contributed by atoms with van der Waals surface area (Å²) in [4.78, 5) is 21.8. The van der Waals surface area contributed by atoms with Crippen molar-refractivity contribution in [2.24, 2.45) is 0 Å². The minimum Gasteiger partial charge on any atom is -0.298 e. The molecule has 0 unspecified atom stereocenters. The van der Waals surface area contributed by atoms with Gasteiger partial charge in [0, 0.05) is 5.56 Å². The topological polar surface area (TPSA) is 35.5 Å². The Balaban J connectivity index is 2.92. The highest BCUT2D eigenvalue weighted by Gasteiger charge is 2.28. The van der Waals surface area contributed by atoms with Crippen LogP contribution >= 0.6 is 0 Å². The first-order chi connectivity index (χ1) is 7.76. The molecule has 0 heterocycles. The van der Waals surface area contributed by atoms with Crippen LogP contribution in [0.5, 0.6) is 0 Å². The van der Waals surface area contributed by atoms with E-state index in [2.05, 4.69) is 0 Å². The second-order valence-electron chi connectivity index (χ2n) is 5.49. The summed E-state index contributed by atoms with van der Waals surface area (Å²) in [6.07, 6.45) is 0.831. The Kier molecular flexibility index (Phi) is 4.07. The molecule has 0 saturated heterocycles. The Hall–Kier alpha value is -1.19. The van der Waals surface area contributed by atoms with Crippen molar-refractivity contribution in [2.45, 2.75) is 45.8 Å². The van der Waals surface area contributed by atoms with E-state index in [4.69, 9.17) is 9.78 Å². The number of carbonyl (C=O) groups is 1. The van der Waals surface area contributed by atoms with E-state index in [-0.39, 0.29) is 5.60 Å². The molecule has 0 aliphatic heterocycles. The third-order valence-corrected chi connectivity index (χ3v) is 2.24. The van der Waals surface area contributed by atoms with E-state index in [1.54, 1.807) is 6.07 Å². The minimum atomic E-state index is -0.662. The largest absolute Gasteiger partial charge is 0.298 e. The third-order valence-electron chi connectivity index (χ3n) is 2.24. The molecule has 0 saturated carbocycles. The molecule has 3 heteroatoms. The molecule has 0 spiro atoms. The molecule has 0 fully saturated rings. The van der Waals surface area contributed by atoms with Crippen LogP contribution in [-0.4, -0.2) is 11.9 Å². The quantitative estimate of drug-likeness (QED) is 0.456. The Morgan fingerprint density at radius 3 is 2.12 bits per heavy atom. The van der Waals surface area contributed by atoms with Gasteiger partial charge in [-0.3, -0.25) is 4.79 Å². The van der Waals surface area contributed by atoms with E-state index < -0.39 is 5.60 Å². The molecule has 0 radical (unpaired) electrons. The maximum atomic E-state index is 11.0. The van der Waals surface area contributed by atoms with Crippen molar-refractivity contribution < 1.29 is 14.6 Å². The van der Waals surface area contributed by atoms with Crippen molar-refractivity contribution in [1.29, 1.82) is 0 Å². The van der Waals surface area contributed by atoms with E-state index in [1.807, 2.05) is 52.8 Å². The summed E-state index contributed by atoms with van der Waals surface area (Å²) in [5.74, 6) is 0. The lowest BCUT2D eigenvalue weighted by Gasteiger charge is -2.29. The molecule has 0 N–H and O–H groups in total. The van der Waals surface area contributed by atoms with Crippen LogP contribution in [0.4, 0.5) is 0 Å². The van der Waals surface area contributed by atoms with Gasteiger partial charge in [-0.2, -0.15) is 0 Å². The molecule has 1 rings (SSSR count).